The van der Waals surface area contributed by atoms with Crippen LogP contribution in [0.1, 0.15) is 11.3 Å². The minimum atomic E-state index is -0.440. The van der Waals surface area contributed by atoms with Crippen LogP contribution in [-0.2, 0) is 16.0 Å². The lowest BCUT2D eigenvalue weighted by Gasteiger charge is -1.99. The number of aromatic hydroxyl groups is 1. The molecule has 0 saturated carbocycles. The molecule has 2 heterocycles. The number of pyridine rings is 1. The van der Waals surface area contributed by atoms with Gasteiger partial charge in [0.25, 0.3) is 0 Å². The number of carbonyl (C=O) groups excluding carboxylic acids is 1. The minimum Gasteiger partial charge on any atom is -0.504 e. The molecule has 3 aromatic rings. The number of carbonyl (C=O) groups is 1. The topological polar surface area (TPSA) is 88.5 Å². The molecule has 0 saturated heterocycles. The van der Waals surface area contributed by atoms with Crippen molar-refractivity contribution in [3.05, 3.63) is 53.9 Å². The second-order valence-electron chi connectivity index (χ2n) is 5.26. The maximum atomic E-state index is 11.6. The molecular weight excluding hydrogens is 308 g/mol. The van der Waals surface area contributed by atoms with Gasteiger partial charge >= 0.3 is 5.97 Å². The molecule has 1 N–H and O–H groups in total. The first kappa shape index (κ1) is 15.7. The Kier molecular flexibility index (Phi) is 4.24. The third kappa shape index (κ3) is 3.10. The Morgan fingerprint density at radius 2 is 2.12 bits per heavy atom. The maximum absolute atomic E-state index is 11.6. The van der Waals surface area contributed by atoms with Crippen LogP contribution in [0.4, 0.5) is 11.5 Å². The number of ether oxygens (including phenoxy) is 1. The van der Waals surface area contributed by atoms with E-state index in [-0.39, 0.29) is 12.2 Å². The molecule has 0 atom stereocenters. The summed E-state index contributed by atoms with van der Waals surface area (Å²) in [6.07, 6.45) is 1.65. The number of hydrogen-bond donors (Lipinski definition) is 1. The maximum Gasteiger partial charge on any atom is 0.311 e. The molecule has 0 radical (unpaired) electrons. The molecule has 0 bridgehead atoms. The summed E-state index contributed by atoms with van der Waals surface area (Å²) < 4.78 is 6.28. The third-order valence-electron chi connectivity index (χ3n) is 3.47. The van der Waals surface area contributed by atoms with Crippen LogP contribution in [0.25, 0.3) is 5.65 Å². The van der Waals surface area contributed by atoms with Crippen LogP contribution in [0.15, 0.2) is 52.8 Å². The van der Waals surface area contributed by atoms with E-state index < -0.39 is 5.97 Å². The number of rotatable bonds is 4. The highest BCUT2D eigenvalue weighted by atomic mass is 16.5. The number of fused-ring (bicyclic) bond motifs is 1. The predicted molar refractivity (Wildman–Crippen MR) is 87.9 cm³/mol. The second-order valence-corrected chi connectivity index (χ2v) is 5.26. The van der Waals surface area contributed by atoms with E-state index in [2.05, 4.69) is 15.2 Å². The zero-order chi connectivity index (χ0) is 17.1. The highest BCUT2D eigenvalue weighted by Gasteiger charge is 2.17. The number of azo groups is 1. The van der Waals surface area contributed by atoms with Gasteiger partial charge in [-0.15, -0.1) is 10.2 Å². The van der Waals surface area contributed by atoms with Gasteiger partial charge in [-0.25, -0.2) is 4.98 Å². The molecular formula is C17H16N4O3. The number of methoxy groups -OCH3 is 1. The molecule has 0 unspecified atom stereocenters. The van der Waals surface area contributed by atoms with Crippen LogP contribution in [0.2, 0.25) is 0 Å². The molecule has 0 fully saturated rings. The van der Waals surface area contributed by atoms with E-state index >= 15 is 0 Å². The number of aryl methyl sites for hydroxylation is 1. The number of nitrogens with zero attached hydrogens (tertiary/aromatic N) is 4. The van der Waals surface area contributed by atoms with Crippen molar-refractivity contribution < 1.29 is 14.6 Å². The smallest absolute Gasteiger partial charge is 0.311 e. The quantitative estimate of drug-likeness (QED) is 0.588. The Labute approximate surface area is 138 Å². The van der Waals surface area contributed by atoms with Crippen LogP contribution >= 0.6 is 0 Å². The molecule has 122 valence electrons. The van der Waals surface area contributed by atoms with Crippen molar-refractivity contribution in [2.24, 2.45) is 10.2 Å². The van der Waals surface area contributed by atoms with Gasteiger partial charge in [0.05, 0.1) is 24.9 Å². The summed E-state index contributed by atoms with van der Waals surface area (Å²) in [5, 5.41) is 18.4. The summed E-state index contributed by atoms with van der Waals surface area (Å²) in [4.78, 5) is 15.9. The molecule has 0 spiro atoms. The summed E-state index contributed by atoms with van der Waals surface area (Å²) >= 11 is 0. The first-order valence-electron chi connectivity index (χ1n) is 7.32. The number of esters is 1. The van der Waals surface area contributed by atoms with Crippen molar-refractivity contribution in [1.29, 1.82) is 0 Å². The molecule has 1 aromatic carbocycles. The number of hydrogen-bond acceptors (Lipinski definition) is 6. The van der Waals surface area contributed by atoms with Crippen LogP contribution in [0.3, 0.4) is 0 Å². The number of imidazole rings is 1. The average Bonchev–Trinajstić information content (AvgIpc) is 2.91. The highest BCUT2D eigenvalue weighted by molar-refractivity contribution is 5.74. The number of aromatic nitrogens is 2. The van der Waals surface area contributed by atoms with Crippen molar-refractivity contribution in [2.45, 2.75) is 13.3 Å². The summed E-state index contributed by atoms with van der Waals surface area (Å²) in [6, 6.07) is 10.8. The van der Waals surface area contributed by atoms with Gasteiger partial charge in [-0.2, -0.15) is 0 Å². The summed E-state index contributed by atoms with van der Waals surface area (Å²) in [7, 11) is 1.31. The van der Waals surface area contributed by atoms with E-state index in [1.54, 1.807) is 16.7 Å². The van der Waals surface area contributed by atoms with E-state index in [4.69, 9.17) is 4.74 Å². The molecule has 0 aliphatic carbocycles. The fourth-order valence-corrected chi connectivity index (χ4v) is 2.32. The van der Waals surface area contributed by atoms with E-state index in [0.29, 0.717) is 22.8 Å². The van der Waals surface area contributed by atoms with Gasteiger partial charge in [0, 0.05) is 6.20 Å². The normalized spacial score (nSPS) is 11.2. The molecule has 3 rings (SSSR count). The Balaban J connectivity index is 2.08. The molecule has 7 nitrogen and oxygen atoms in total. The van der Waals surface area contributed by atoms with Gasteiger partial charge in [0.15, 0.2) is 17.2 Å². The first-order chi connectivity index (χ1) is 11.6. The van der Waals surface area contributed by atoms with E-state index in [9.17, 15) is 9.90 Å². The molecule has 7 heteroatoms. The average molecular weight is 324 g/mol. The third-order valence-corrected chi connectivity index (χ3v) is 3.47. The molecule has 0 amide bonds. The predicted octanol–water partition coefficient (Wildman–Crippen LogP) is 3.48. The van der Waals surface area contributed by atoms with Crippen LogP contribution in [0.5, 0.6) is 5.75 Å². The van der Waals surface area contributed by atoms with Gasteiger partial charge in [-0.05, 0) is 36.8 Å². The lowest BCUT2D eigenvalue weighted by atomic mass is 10.2. The van der Waals surface area contributed by atoms with Crippen molar-refractivity contribution in [3.8, 4) is 5.75 Å². The SMILES string of the molecule is COC(=O)Cc1nc2c(O)cccn2c1N=Nc1cccc(C)c1. The van der Waals surface area contributed by atoms with Crippen LogP contribution in [0, 0.1) is 6.92 Å². The van der Waals surface area contributed by atoms with Gasteiger partial charge in [0.2, 0.25) is 0 Å². The Hall–Kier alpha value is -3.22. The fourth-order valence-electron chi connectivity index (χ4n) is 2.32. The standard InChI is InChI=1S/C17H16N4O3/c1-11-5-3-6-12(9-11)19-20-16-13(10-15(23)24-2)18-17-14(22)7-4-8-21(16)17/h3-9,22H,10H2,1-2H3. The zero-order valence-electron chi connectivity index (χ0n) is 13.3. The van der Waals surface area contributed by atoms with Crippen LogP contribution < -0.4 is 0 Å². The van der Waals surface area contributed by atoms with Crippen molar-refractivity contribution in [1.82, 2.24) is 9.38 Å². The monoisotopic (exact) mass is 324 g/mol. The Morgan fingerprint density at radius 3 is 2.88 bits per heavy atom. The Bertz CT molecular complexity index is 931. The van der Waals surface area contributed by atoms with Gasteiger partial charge in [0.1, 0.15) is 0 Å². The highest BCUT2D eigenvalue weighted by Crippen LogP contribution is 2.28. The summed E-state index contributed by atoms with van der Waals surface area (Å²) in [5.74, 6) is -0.0571. The zero-order valence-corrected chi connectivity index (χ0v) is 13.3. The van der Waals surface area contributed by atoms with Crippen LogP contribution in [-0.4, -0.2) is 27.6 Å². The largest absolute Gasteiger partial charge is 0.504 e. The number of benzene rings is 1. The van der Waals surface area contributed by atoms with Gasteiger partial charge in [-0.1, -0.05) is 12.1 Å². The fraction of sp³-hybridized carbons (Fsp3) is 0.176. The molecule has 0 aliphatic rings. The lowest BCUT2D eigenvalue weighted by Crippen LogP contribution is -2.04. The lowest BCUT2D eigenvalue weighted by molar-refractivity contribution is -0.139. The van der Waals surface area contributed by atoms with E-state index in [0.717, 1.165) is 5.56 Å². The molecule has 2 aromatic heterocycles. The summed E-state index contributed by atoms with van der Waals surface area (Å²) in [5.41, 5.74) is 2.46. The molecule has 24 heavy (non-hydrogen) atoms. The van der Waals surface area contributed by atoms with Crippen molar-refractivity contribution in [2.75, 3.05) is 7.11 Å². The first-order valence-corrected chi connectivity index (χ1v) is 7.32. The second kappa shape index (κ2) is 6.49. The van der Waals surface area contributed by atoms with E-state index in [1.165, 1.54) is 13.2 Å². The van der Waals surface area contributed by atoms with Gasteiger partial charge in [-0.3, -0.25) is 9.20 Å². The minimum absolute atomic E-state index is 0.000575. The van der Waals surface area contributed by atoms with Crippen molar-refractivity contribution in [3.63, 3.8) is 0 Å². The molecule has 0 aliphatic heterocycles. The summed E-state index contributed by atoms with van der Waals surface area (Å²) in [6.45, 7) is 1.97. The Morgan fingerprint density at radius 1 is 1.29 bits per heavy atom. The van der Waals surface area contributed by atoms with E-state index in [1.807, 2.05) is 31.2 Å². The van der Waals surface area contributed by atoms with Gasteiger partial charge < -0.3 is 9.84 Å². The van der Waals surface area contributed by atoms with Crippen molar-refractivity contribution >= 4 is 23.1 Å².